The number of rotatable bonds is 3. The topological polar surface area (TPSA) is 67.2 Å². The number of carbonyl (C=O) groups excluding carboxylic acids is 1. The van der Waals surface area contributed by atoms with Gasteiger partial charge in [-0.3, -0.25) is 4.79 Å². The third kappa shape index (κ3) is 2.20. The molecule has 0 bridgehead atoms. The second-order valence-corrected chi connectivity index (χ2v) is 3.15. The molecule has 5 heteroatoms. The SMILES string of the molecule is CNc1ccc(NC(=O)c2cnco2)cc1. The summed E-state index contributed by atoms with van der Waals surface area (Å²) < 4.78 is 4.88. The smallest absolute Gasteiger partial charge is 0.293 e. The highest BCUT2D eigenvalue weighted by Crippen LogP contribution is 2.13. The van der Waals surface area contributed by atoms with Crippen molar-refractivity contribution in [3.63, 3.8) is 0 Å². The van der Waals surface area contributed by atoms with Gasteiger partial charge in [0.1, 0.15) is 0 Å². The van der Waals surface area contributed by atoms with Crippen molar-refractivity contribution in [2.75, 3.05) is 17.7 Å². The minimum absolute atomic E-state index is 0.192. The Bertz CT molecular complexity index is 462. The van der Waals surface area contributed by atoms with Crippen molar-refractivity contribution in [2.45, 2.75) is 0 Å². The summed E-state index contributed by atoms with van der Waals surface area (Å²) in [6.45, 7) is 0. The molecule has 16 heavy (non-hydrogen) atoms. The molecule has 0 unspecified atom stereocenters. The molecule has 0 radical (unpaired) electrons. The number of hydrogen-bond acceptors (Lipinski definition) is 4. The quantitative estimate of drug-likeness (QED) is 0.824. The van der Waals surface area contributed by atoms with E-state index in [0.717, 1.165) is 5.69 Å². The summed E-state index contributed by atoms with van der Waals surface area (Å²) in [5.74, 6) is -0.118. The van der Waals surface area contributed by atoms with Crippen molar-refractivity contribution in [1.82, 2.24) is 4.98 Å². The highest BCUT2D eigenvalue weighted by molar-refractivity contribution is 6.02. The molecule has 0 saturated carbocycles. The Hall–Kier alpha value is -2.30. The van der Waals surface area contributed by atoms with Crippen molar-refractivity contribution in [3.05, 3.63) is 42.6 Å². The Morgan fingerprint density at radius 2 is 1.94 bits per heavy atom. The lowest BCUT2D eigenvalue weighted by molar-refractivity contribution is 0.0996. The van der Waals surface area contributed by atoms with Crippen LogP contribution in [0.4, 0.5) is 11.4 Å². The molecule has 82 valence electrons. The summed E-state index contributed by atoms with van der Waals surface area (Å²) in [6, 6.07) is 7.35. The van der Waals surface area contributed by atoms with Gasteiger partial charge in [-0.05, 0) is 24.3 Å². The third-order valence-electron chi connectivity index (χ3n) is 2.09. The maximum Gasteiger partial charge on any atom is 0.293 e. The van der Waals surface area contributed by atoms with Crippen molar-refractivity contribution in [2.24, 2.45) is 0 Å². The first-order valence-electron chi connectivity index (χ1n) is 4.77. The average Bonchev–Trinajstić information content (AvgIpc) is 2.83. The lowest BCUT2D eigenvalue weighted by Crippen LogP contribution is -2.10. The molecule has 1 aromatic carbocycles. The maximum absolute atomic E-state index is 11.6. The normalized spacial score (nSPS) is 9.81. The van der Waals surface area contributed by atoms with Gasteiger partial charge in [0.15, 0.2) is 6.39 Å². The van der Waals surface area contributed by atoms with Gasteiger partial charge < -0.3 is 15.1 Å². The van der Waals surface area contributed by atoms with Crippen molar-refractivity contribution in [1.29, 1.82) is 0 Å². The highest BCUT2D eigenvalue weighted by atomic mass is 16.3. The standard InChI is InChI=1S/C11H11N3O2/c1-12-8-2-4-9(5-3-8)14-11(15)10-6-13-7-16-10/h2-7,12H,1H3,(H,14,15). The number of anilines is 2. The van der Waals surface area contributed by atoms with Crippen molar-refractivity contribution in [3.8, 4) is 0 Å². The monoisotopic (exact) mass is 217 g/mol. The van der Waals surface area contributed by atoms with Gasteiger partial charge in [0.05, 0.1) is 6.20 Å². The van der Waals surface area contributed by atoms with Gasteiger partial charge in [0.25, 0.3) is 5.91 Å². The van der Waals surface area contributed by atoms with Crippen LogP contribution in [-0.4, -0.2) is 17.9 Å². The fourth-order valence-corrected chi connectivity index (χ4v) is 1.24. The number of aromatic nitrogens is 1. The van der Waals surface area contributed by atoms with Gasteiger partial charge in [0.2, 0.25) is 5.76 Å². The minimum atomic E-state index is -0.310. The first kappa shape index (κ1) is 10.2. The summed E-state index contributed by atoms with van der Waals surface area (Å²) in [5.41, 5.74) is 1.69. The molecular formula is C11H11N3O2. The van der Waals surface area contributed by atoms with Crippen LogP contribution in [0.2, 0.25) is 0 Å². The molecule has 2 aromatic rings. The number of amides is 1. The van der Waals surface area contributed by atoms with E-state index >= 15 is 0 Å². The fraction of sp³-hybridized carbons (Fsp3) is 0.0909. The first-order chi connectivity index (χ1) is 7.79. The van der Waals surface area contributed by atoms with Crippen LogP contribution in [-0.2, 0) is 0 Å². The van der Waals surface area contributed by atoms with E-state index in [1.54, 1.807) is 12.1 Å². The number of carbonyl (C=O) groups is 1. The summed E-state index contributed by atoms with van der Waals surface area (Å²) >= 11 is 0. The van der Waals surface area contributed by atoms with Gasteiger partial charge in [-0.1, -0.05) is 0 Å². The average molecular weight is 217 g/mol. The molecule has 1 amide bonds. The minimum Gasteiger partial charge on any atom is -0.438 e. The molecule has 0 aliphatic carbocycles. The fourth-order valence-electron chi connectivity index (χ4n) is 1.24. The molecule has 5 nitrogen and oxygen atoms in total. The Morgan fingerprint density at radius 3 is 2.50 bits per heavy atom. The van der Waals surface area contributed by atoms with Gasteiger partial charge in [-0.15, -0.1) is 0 Å². The zero-order valence-electron chi connectivity index (χ0n) is 8.73. The Kier molecular flexibility index (Phi) is 2.86. The lowest BCUT2D eigenvalue weighted by Gasteiger charge is -2.04. The molecule has 0 aliphatic heterocycles. The van der Waals surface area contributed by atoms with Crippen LogP contribution >= 0.6 is 0 Å². The third-order valence-corrected chi connectivity index (χ3v) is 2.09. The maximum atomic E-state index is 11.6. The van der Waals surface area contributed by atoms with Gasteiger partial charge in [0, 0.05) is 18.4 Å². The van der Waals surface area contributed by atoms with Crippen molar-refractivity contribution >= 4 is 17.3 Å². The zero-order chi connectivity index (χ0) is 11.4. The van der Waals surface area contributed by atoms with E-state index in [0.29, 0.717) is 5.69 Å². The second-order valence-electron chi connectivity index (χ2n) is 3.15. The number of oxazole rings is 1. The van der Waals surface area contributed by atoms with Crippen LogP contribution in [0.25, 0.3) is 0 Å². The Labute approximate surface area is 92.5 Å². The Balaban J connectivity index is 2.06. The highest BCUT2D eigenvalue weighted by Gasteiger charge is 2.08. The predicted molar refractivity (Wildman–Crippen MR) is 60.4 cm³/mol. The number of hydrogen-bond donors (Lipinski definition) is 2. The van der Waals surface area contributed by atoms with E-state index in [4.69, 9.17) is 4.42 Å². The zero-order valence-corrected chi connectivity index (χ0v) is 8.73. The van der Waals surface area contributed by atoms with E-state index in [-0.39, 0.29) is 11.7 Å². The predicted octanol–water partition coefficient (Wildman–Crippen LogP) is 1.97. The van der Waals surface area contributed by atoms with Crippen LogP contribution in [0.1, 0.15) is 10.6 Å². The van der Waals surface area contributed by atoms with E-state index in [1.807, 2.05) is 19.2 Å². The Morgan fingerprint density at radius 1 is 1.25 bits per heavy atom. The summed E-state index contributed by atoms with van der Waals surface area (Å²) in [5, 5.41) is 5.69. The van der Waals surface area contributed by atoms with Crippen LogP contribution in [0.15, 0.2) is 41.3 Å². The molecule has 1 aromatic heterocycles. The van der Waals surface area contributed by atoms with Crippen molar-refractivity contribution < 1.29 is 9.21 Å². The van der Waals surface area contributed by atoms with Crippen LogP contribution in [0, 0.1) is 0 Å². The number of nitrogens with one attached hydrogen (secondary N) is 2. The molecular weight excluding hydrogens is 206 g/mol. The van der Waals surface area contributed by atoms with Crippen LogP contribution in [0.3, 0.4) is 0 Å². The molecule has 0 saturated heterocycles. The summed E-state index contributed by atoms with van der Waals surface area (Å²) in [6.07, 6.45) is 2.59. The molecule has 0 fully saturated rings. The van der Waals surface area contributed by atoms with Crippen LogP contribution in [0.5, 0.6) is 0 Å². The lowest BCUT2D eigenvalue weighted by atomic mass is 10.3. The second kappa shape index (κ2) is 4.48. The number of nitrogens with zero attached hydrogens (tertiary/aromatic N) is 1. The van der Waals surface area contributed by atoms with Gasteiger partial charge >= 0.3 is 0 Å². The van der Waals surface area contributed by atoms with Crippen LogP contribution < -0.4 is 10.6 Å². The summed E-state index contributed by atoms with van der Waals surface area (Å²) in [4.78, 5) is 15.2. The van der Waals surface area contributed by atoms with E-state index in [2.05, 4.69) is 15.6 Å². The molecule has 1 heterocycles. The van der Waals surface area contributed by atoms with Gasteiger partial charge in [-0.2, -0.15) is 0 Å². The molecule has 0 atom stereocenters. The van der Waals surface area contributed by atoms with E-state index in [1.165, 1.54) is 12.6 Å². The van der Waals surface area contributed by atoms with E-state index < -0.39 is 0 Å². The van der Waals surface area contributed by atoms with Gasteiger partial charge in [-0.25, -0.2) is 4.98 Å². The first-order valence-corrected chi connectivity index (χ1v) is 4.77. The summed E-state index contributed by atoms with van der Waals surface area (Å²) in [7, 11) is 1.84. The molecule has 2 rings (SSSR count). The largest absolute Gasteiger partial charge is 0.438 e. The molecule has 2 N–H and O–H groups in total. The molecule has 0 aliphatic rings. The van der Waals surface area contributed by atoms with E-state index in [9.17, 15) is 4.79 Å². The number of benzene rings is 1. The molecule has 0 spiro atoms.